The Morgan fingerprint density at radius 2 is 2.04 bits per heavy atom. The molecule has 0 saturated heterocycles. The molecule has 0 aliphatic heterocycles. The molecule has 2 atom stereocenters. The number of aliphatic carboxylic acids is 1. The summed E-state index contributed by atoms with van der Waals surface area (Å²) in [5.41, 5.74) is -2.42. The van der Waals surface area contributed by atoms with Crippen LogP contribution in [0.15, 0.2) is 21.8 Å². The van der Waals surface area contributed by atoms with Crippen molar-refractivity contribution < 1.29 is 32.3 Å². The van der Waals surface area contributed by atoms with Crippen molar-refractivity contribution in [2.24, 2.45) is 5.41 Å². The van der Waals surface area contributed by atoms with Crippen LogP contribution in [0.25, 0.3) is 0 Å². The largest absolute Gasteiger partial charge is 0.479 e. The third-order valence-electron chi connectivity index (χ3n) is 5.03. The van der Waals surface area contributed by atoms with E-state index < -0.39 is 37.9 Å². The van der Waals surface area contributed by atoms with E-state index >= 15 is 0 Å². The van der Waals surface area contributed by atoms with Crippen molar-refractivity contribution in [1.82, 2.24) is 9.62 Å². The van der Waals surface area contributed by atoms with Gasteiger partial charge in [0.2, 0.25) is 5.09 Å². The van der Waals surface area contributed by atoms with E-state index in [0.29, 0.717) is 6.61 Å². The summed E-state index contributed by atoms with van der Waals surface area (Å²) in [7, 11) is -1.16. The number of carboxylic acids is 1. The van der Waals surface area contributed by atoms with Gasteiger partial charge in [0.15, 0.2) is 0 Å². The monoisotopic (exact) mass is 388 g/mol. The van der Waals surface area contributed by atoms with E-state index in [1.165, 1.54) is 14.1 Å². The van der Waals surface area contributed by atoms with Crippen molar-refractivity contribution in [3.05, 3.63) is 17.9 Å². The summed E-state index contributed by atoms with van der Waals surface area (Å²) >= 11 is 0. The summed E-state index contributed by atoms with van der Waals surface area (Å²) < 4.78 is 35.6. The molecular weight excluding hydrogens is 364 g/mol. The maximum atomic E-state index is 12.5. The molecule has 1 fully saturated rings. The summed E-state index contributed by atoms with van der Waals surface area (Å²) in [5.74, 6) is -1.89. The maximum Gasteiger partial charge on any atom is 0.330 e. The molecule has 1 aliphatic carbocycles. The number of amides is 1. The standard InChI is InChI=1S/C16H24N2O7S/c1-6-24-11-8-16(14(20)21,15(11,2)3)17-13(19)10-7-12(25-9-10)26(22,23)18(4)5/h7,9,11H,6,8H2,1-5H3,(H,17,19)(H,20,21). The van der Waals surface area contributed by atoms with Gasteiger partial charge in [0, 0.05) is 38.6 Å². The number of furan rings is 1. The third-order valence-corrected chi connectivity index (χ3v) is 6.71. The lowest BCUT2D eigenvalue weighted by Gasteiger charge is -2.58. The molecule has 2 rings (SSSR count). The second-order valence-corrected chi connectivity index (χ2v) is 9.06. The minimum Gasteiger partial charge on any atom is -0.479 e. The number of carbonyl (C=O) groups excluding carboxylic acids is 1. The number of sulfonamides is 1. The van der Waals surface area contributed by atoms with Gasteiger partial charge in [-0.15, -0.1) is 0 Å². The van der Waals surface area contributed by atoms with E-state index in [1.807, 2.05) is 6.92 Å². The van der Waals surface area contributed by atoms with Crippen LogP contribution in [0.4, 0.5) is 0 Å². The van der Waals surface area contributed by atoms with Crippen LogP contribution in [0.1, 0.15) is 37.6 Å². The van der Waals surface area contributed by atoms with Crippen LogP contribution in [-0.4, -0.2) is 62.1 Å². The van der Waals surface area contributed by atoms with E-state index in [4.69, 9.17) is 9.15 Å². The Kier molecular flexibility index (Phi) is 5.24. The van der Waals surface area contributed by atoms with Crippen molar-refractivity contribution >= 4 is 21.9 Å². The normalized spacial score (nSPS) is 24.9. The highest BCUT2D eigenvalue weighted by Crippen LogP contribution is 2.51. The lowest BCUT2D eigenvalue weighted by atomic mass is 9.54. The SMILES string of the molecule is CCOC1CC(NC(=O)c2coc(S(=O)(=O)N(C)C)c2)(C(=O)O)C1(C)C. The predicted octanol–water partition coefficient (Wildman–Crippen LogP) is 0.918. The highest BCUT2D eigenvalue weighted by Gasteiger charge is 2.66. The molecule has 146 valence electrons. The van der Waals surface area contributed by atoms with Gasteiger partial charge < -0.3 is 19.6 Å². The number of nitrogens with zero attached hydrogens (tertiary/aromatic N) is 1. The van der Waals surface area contributed by atoms with Gasteiger partial charge in [0.05, 0.1) is 11.7 Å². The van der Waals surface area contributed by atoms with Crippen LogP contribution in [0.5, 0.6) is 0 Å². The second kappa shape index (κ2) is 6.67. The van der Waals surface area contributed by atoms with E-state index in [0.717, 1.165) is 16.6 Å². The topological polar surface area (TPSA) is 126 Å². The molecule has 0 aromatic carbocycles. The smallest absolute Gasteiger partial charge is 0.330 e. The summed E-state index contributed by atoms with van der Waals surface area (Å²) in [6.45, 7) is 5.67. The van der Waals surface area contributed by atoms with E-state index in [2.05, 4.69) is 5.32 Å². The van der Waals surface area contributed by atoms with Crippen LogP contribution in [0, 0.1) is 5.41 Å². The maximum absolute atomic E-state index is 12.5. The average molecular weight is 388 g/mol. The fraction of sp³-hybridized carbons (Fsp3) is 0.625. The summed E-state index contributed by atoms with van der Waals surface area (Å²) in [4.78, 5) is 24.4. The summed E-state index contributed by atoms with van der Waals surface area (Å²) in [5, 5.41) is 11.9. The quantitative estimate of drug-likeness (QED) is 0.711. The first kappa shape index (κ1) is 20.4. The van der Waals surface area contributed by atoms with Gasteiger partial charge >= 0.3 is 5.97 Å². The molecule has 1 saturated carbocycles. The highest BCUT2D eigenvalue weighted by molar-refractivity contribution is 7.88. The van der Waals surface area contributed by atoms with Gasteiger partial charge in [-0.1, -0.05) is 13.8 Å². The highest BCUT2D eigenvalue weighted by atomic mass is 32.2. The Hall–Kier alpha value is -1.91. The number of hydrogen-bond acceptors (Lipinski definition) is 6. The fourth-order valence-electron chi connectivity index (χ4n) is 3.05. The molecular formula is C16H24N2O7S. The Morgan fingerprint density at radius 1 is 1.42 bits per heavy atom. The summed E-state index contributed by atoms with van der Waals surface area (Å²) in [6, 6.07) is 1.08. The minimum atomic E-state index is -3.83. The van der Waals surface area contributed by atoms with Crippen molar-refractivity contribution in [3.63, 3.8) is 0 Å². The van der Waals surface area contributed by atoms with Crippen LogP contribution < -0.4 is 5.32 Å². The van der Waals surface area contributed by atoms with Gasteiger partial charge in [-0.05, 0) is 6.92 Å². The molecule has 1 aromatic rings. The minimum absolute atomic E-state index is 0.0679. The van der Waals surface area contributed by atoms with Crippen LogP contribution in [0.3, 0.4) is 0 Å². The van der Waals surface area contributed by atoms with Crippen LogP contribution >= 0.6 is 0 Å². The second-order valence-electron chi connectivity index (χ2n) is 6.98. The zero-order valence-electron chi connectivity index (χ0n) is 15.4. The first-order valence-electron chi connectivity index (χ1n) is 8.08. The number of nitrogens with one attached hydrogen (secondary N) is 1. The van der Waals surface area contributed by atoms with Crippen molar-refractivity contribution in [2.45, 2.75) is 43.9 Å². The van der Waals surface area contributed by atoms with Crippen molar-refractivity contribution in [2.75, 3.05) is 20.7 Å². The molecule has 0 spiro atoms. The molecule has 1 amide bonds. The van der Waals surface area contributed by atoms with E-state index in [1.54, 1.807) is 13.8 Å². The molecule has 0 radical (unpaired) electrons. The molecule has 1 heterocycles. The number of carboxylic acid groups (broad SMARTS) is 1. The first-order valence-corrected chi connectivity index (χ1v) is 9.52. The number of hydrogen-bond donors (Lipinski definition) is 2. The Labute approximate surface area is 152 Å². The predicted molar refractivity (Wildman–Crippen MR) is 91.2 cm³/mol. The summed E-state index contributed by atoms with van der Waals surface area (Å²) in [6.07, 6.45) is 0.806. The third kappa shape index (κ3) is 3.01. The number of rotatable bonds is 7. The van der Waals surface area contributed by atoms with Crippen LogP contribution in [0.2, 0.25) is 0 Å². The zero-order chi connectivity index (χ0) is 19.9. The van der Waals surface area contributed by atoms with Crippen LogP contribution in [-0.2, 0) is 19.6 Å². The molecule has 0 bridgehead atoms. The van der Waals surface area contributed by atoms with Gasteiger partial charge in [0.1, 0.15) is 11.8 Å². The molecule has 1 aliphatic rings. The Morgan fingerprint density at radius 3 is 2.50 bits per heavy atom. The number of ether oxygens (including phenoxy) is 1. The lowest BCUT2D eigenvalue weighted by Crippen LogP contribution is -2.76. The number of carbonyl (C=O) groups is 2. The average Bonchev–Trinajstić information content (AvgIpc) is 3.03. The van der Waals surface area contributed by atoms with E-state index in [9.17, 15) is 23.1 Å². The van der Waals surface area contributed by atoms with Gasteiger partial charge in [-0.25, -0.2) is 17.5 Å². The van der Waals surface area contributed by atoms with Crippen molar-refractivity contribution in [3.8, 4) is 0 Å². The molecule has 10 heteroatoms. The molecule has 9 nitrogen and oxygen atoms in total. The first-order chi connectivity index (χ1) is 11.9. The lowest BCUT2D eigenvalue weighted by molar-refractivity contribution is -0.190. The zero-order valence-corrected chi connectivity index (χ0v) is 16.2. The van der Waals surface area contributed by atoms with Gasteiger partial charge in [0.25, 0.3) is 15.9 Å². The fourth-order valence-corrected chi connectivity index (χ4v) is 3.86. The molecule has 26 heavy (non-hydrogen) atoms. The molecule has 2 N–H and O–H groups in total. The molecule has 1 aromatic heterocycles. The molecule has 2 unspecified atom stereocenters. The Balaban J connectivity index is 2.26. The van der Waals surface area contributed by atoms with E-state index in [-0.39, 0.29) is 18.1 Å². The van der Waals surface area contributed by atoms with Gasteiger partial charge in [-0.3, -0.25) is 4.79 Å². The van der Waals surface area contributed by atoms with Gasteiger partial charge in [-0.2, -0.15) is 0 Å². The van der Waals surface area contributed by atoms with Crippen molar-refractivity contribution in [1.29, 1.82) is 0 Å². The Bertz CT molecular complexity index is 812.